The number of aliphatic hydroxyl groups is 1. The summed E-state index contributed by atoms with van der Waals surface area (Å²) in [5, 5.41) is 15.2. The number of aliphatic hydroxyl groups excluding tert-OH is 1. The minimum absolute atomic E-state index is 0.131. The lowest BCUT2D eigenvalue weighted by atomic mass is 9.90. The second-order valence-corrected chi connectivity index (χ2v) is 7.99. The van der Waals surface area contributed by atoms with Crippen molar-refractivity contribution in [3.63, 3.8) is 0 Å². The standard InChI is InChI=1S/C20H29N3O/c1-20(2,3)19-22-16-7-5-4-6-15(16)18(23-19)17(24)9-8-14-10-12-21-13-11-14/h4-7,14,17,21,24H,8-13H2,1-3H3. The van der Waals surface area contributed by atoms with Crippen molar-refractivity contribution < 1.29 is 5.11 Å². The number of hydrogen-bond acceptors (Lipinski definition) is 4. The topological polar surface area (TPSA) is 58.0 Å². The summed E-state index contributed by atoms with van der Waals surface area (Å²) in [5.41, 5.74) is 1.58. The lowest BCUT2D eigenvalue weighted by molar-refractivity contribution is 0.149. The van der Waals surface area contributed by atoms with Crippen LogP contribution in [0.5, 0.6) is 0 Å². The maximum atomic E-state index is 10.8. The first kappa shape index (κ1) is 17.3. The lowest BCUT2D eigenvalue weighted by Crippen LogP contribution is -2.28. The van der Waals surface area contributed by atoms with E-state index >= 15 is 0 Å². The van der Waals surface area contributed by atoms with Gasteiger partial charge in [0.25, 0.3) is 0 Å². The van der Waals surface area contributed by atoms with E-state index in [1.54, 1.807) is 0 Å². The highest BCUT2D eigenvalue weighted by atomic mass is 16.3. The van der Waals surface area contributed by atoms with Gasteiger partial charge in [0.1, 0.15) is 5.82 Å². The molecule has 0 saturated carbocycles. The van der Waals surface area contributed by atoms with E-state index in [9.17, 15) is 5.11 Å². The Bertz CT molecular complexity index is 687. The van der Waals surface area contributed by atoms with Crippen LogP contribution in [0.15, 0.2) is 24.3 Å². The summed E-state index contributed by atoms with van der Waals surface area (Å²) >= 11 is 0. The fourth-order valence-corrected chi connectivity index (χ4v) is 3.39. The Morgan fingerprint density at radius 1 is 1.17 bits per heavy atom. The van der Waals surface area contributed by atoms with Crippen LogP contribution in [0.4, 0.5) is 0 Å². The number of hydrogen-bond donors (Lipinski definition) is 2. The number of rotatable bonds is 4. The van der Waals surface area contributed by atoms with E-state index in [-0.39, 0.29) is 5.41 Å². The number of aromatic nitrogens is 2. The quantitative estimate of drug-likeness (QED) is 0.898. The summed E-state index contributed by atoms with van der Waals surface area (Å²) in [7, 11) is 0. The van der Waals surface area contributed by atoms with Gasteiger partial charge in [0.05, 0.1) is 17.3 Å². The zero-order chi connectivity index (χ0) is 17.2. The largest absolute Gasteiger partial charge is 0.387 e. The van der Waals surface area contributed by atoms with Crippen molar-refractivity contribution in [2.45, 2.75) is 58.0 Å². The zero-order valence-corrected chi connectivity index (χ0v) is 15.0. The van der Waals surface area contributed by atoms with Gasteiger partial charge in [0, 0.05) is 10.8 Å². The maximum Gasteiger partial charge on any atom is 0.134 e. The molecule has 1 aromatic carbocycles. The molecule has 0 bridgehead atoms. The summed E-state index contributed by atoms with van der Waals surface area (Å²) in [5.74, 6) is 1.52. The van der Waals surface area contributed by atoms with Gasteiger partial charge in [0.15, 0.2) is 0 Å². The Morgan fingerprint density at radius 2 is 1.88 bits per heavy atom. The van der Waals surface area contributed by atoms with Gasteiger partial charge in [-0.05, 0) is 50.8 Å². The molecule has 24 heavy (non-hydrogen) atoms. The van der Waals surface area contributed by atoms with E-state index < -0.39 is 6.10 Å². The molecule has 1 unspecified atom stereocenters. The highest BCUT2D eigenvalue weighted by Crippen LogP contribution is 2.30. The third kappa shape index (κ3) is 3.93. The predicted octanol–water partition coefficient (Wildman–Crippen LogP) is 3.74. The van der Waals surface area contributed by atoms with Gasteiger partial charge < -0.3 is 10.4 Å². The number of nitrogens with one attached hydrogen (secondary N) is 1. The molecule has 0 amide bonds. The van der Waals surface area contributed by atoms with Crippen LogP contribution in [0.25, 0.3) is 10.9 Å². The van der Waals surface area contributed by atoms with E-state index in [2.05, 4.69) is 26.1 Å². The number of benzene rings is 1. The Labute approximate surface area is 144 Å². The number of para-hydroxylation sites is 1. The Hall–Kier alpha value is -1.52. The summed E-state index contributed by atoms with van der Waals surface area (Å²) < 4.78 is 0. The third-order valence-electron chi connectivity index (χ3n) is 4.93. The van der Waals surface area contributed by atoms with Crippen LogP contribution < -0.4 is 5.32 Å². The SMILES string of the molecule is CC(C)(C)c1nc(C(O)CCC2CCNCC2)c2ccccc2n1. The van der Waals surface area contributed by atoms with Gasteiger partial charge >= 0.3 is 0 Å². The summed E-state index contributed by atoms with van der Waals surface area (Å²) in [6, 6.07) is 8.01. The molecule has 130 valence electrons. The number of nitrogens with zero attached hydrogens (tertiary/aromatic N) is 2. The van der Waals surface area contributed by atoms with Crippen LogP contribution in [0, 0.1) is 5.92 Å². The van der Waals surface area contributed by atoms with Crippen molar-refractivity contribution in [3.8, 4) is 0 Å². The summed E-state index contributed by atoms with van der Waals surface area (Å²) in [6.07, 6.45) is 3.74. The molecule has 4 heteroatoms. The van der Waals surface area contributed by atoms with Gasteiger partial charge in [-0.15, -0.1) is 0 Å². The second kappa shape index (κ2) is 7.16. The highest BCUT2D eigenvalue weighted by Gasteiger charge is 2.23. The van der Waals surface area contributed by atoms with Crippen molar-refractivity contribution in [2.75, 3.05) is 13.1 Å². The average Bonchev–Trinajstić information content (AvgIpc) is 2.59. The molecule has 2 N–H and O–H groups in total. The summed E-state index contributed by atoms with van der Waals surface area (Å²) in [6.45, 7) is 8.55. The molecule has 0 radical (unpaired) electrons. The third-order valence-corrected chi connectivity index (χ3v) is 4.93. The molecule has 0 spiro atoms. The minimum Gasteiger partial charge on any atom is -0.387 e. The molecule has 1 aliphatic rings. The summed E-state index contributed by atoms with van der Waals surface area (Å²) in [4.78, 5) is 9.47. The van der Waals surface area contributed by atoms with Crippen molar-refractivity contribution in [3.05, 3.63) is 35.8 Å². The van der Waals surface area contributed by atoms with Gasteiger partial charge in [-0.2, -0.15) is 0 Å². The Balaban J connectivity index is 1.85. The average molecular weight is 327 g/mol. The normalized spacial score (nSPS) is 18.0. The van der Waals surface area contributed by atoms with Crippen LogP contribution in [0.2, 0.25) is 0 Å². The smallest absolute Gasteiger partial charge is 0.134 e. The number of fused-ring (bicyclic) bond motifs is 1. The van der Waals surface area contributed by atoms with Gasteiger partial charge in [-0.1, -0.05) is 39.0 Å². The molecule has 1 atom stereocenters. The molecule has 1 fully saturated rings. The molecule has 4 nitrogen and oxygen atoms in total. The van der Waals surface area contributed by atoms with Crippen LogP contribution >= 0.6 is 0 Å². The monoisotopic (exact) mass is 327 g/mol. The second-order valence-electron chi connectivity index (χ2n) is 7.99. The van der Waals surface area contributed by atoms with Gasteiger partial charge in [-0.25, -0.2) is 9.97 Å². The fourth-order valence-electron chi connectivity index (χ4n) is 3.39. The Morgan fingerprint density at radius 3 is 2.58 bits per heavy atom. The van der Waals surface area contributed by atoms with Gasteiger partial charge in [-0.3, -0.25) is 0 Å². The van der Waals surface area contributed by atoms with Crippen molar-refractivity contribution in [2.24, 2.45) is 5.92 Å². The first-order chi connectivity index (χ1) is 11.4. The first-order valence-corrected chi connectivity index (χ1v) is 9.11. The van der Waals surface area contributed by atoms with Gasteiger partial charge in [0.2, 0.25) is 0 Å². The fraction of sp³-hybridized carbons (Fsp3) is 0.600. The molecular weight excluding hydrogens is 298 g/mol. The van der Waals surface area contributed by atoms with E-state index in [0.717, 1.165) is 54.3 Å². The zero-order valence-electron chi connectivity index (χ0n) is 15.0. The first-order valence-electron chi connectivity index (χ1n) is 9.11. The molecule has 2 heterocycles. The van der Waals surface area contributed by atoms with Crippen LogP contribution in [-0.4, -0.2) is 28.2 Å². The van der Waals surface area contributed by atoms with E-state index in [1.165, 1.54) is 12.8 Å². The maximum absolute atomic E-state index is 10.8. The molecule has 1 aliphatic heterocycles. The van der Waals surface area contributed by atoms with Crippen LogP contribution in [0.1, 0.15) is 64.1 Å². The minimum atomic E-state index is -0.520. The van der Waals surface area contributed by atoms with Crippen molar-refractivity contribution in [1.82, 2.24) is 15.3 Å². The van der Waals surface area contributed by atoms with E-state index in [1.807, 2.05) is 24.3 Å². The van der Waals surface area contributed by atoms with E-state index in [0.29, 0.717) is 0 Å². The highest BCUT2D eigenvalue weighted by molar-refractivity contribution is 5.81. The Kier molecular flexibility index (Phi) is 5.16. The van der Waals surface area contributed by atoms with Crippen molar-refractivity contribution in [1.29, 1.82) is 0 Å². The number of piperidine rings is 1. The van der Waals surface area contributed by atoms with E-state index in [4.69, 9.17) is 9.97 Å². The predicted molar refractivity (Wildman–Crippen MR) is 98.0 cm³/mol. The molecule has 3 rings (SSSR count). The molecule has 0 aliphatic carbocycles. The molecular formula is C20H29N3O. The lowest BCUT2D eigenvalue weighted by Gasteiger charge is -2.24. The molecule has 2 aromatic rings. The molecule has 1 aromatic heterocycles. The molecule has 1 saturated heterocycles. The van der Waals surface area contributed by atoms with Crippen LogP contribution in [0.3, 0.4) is 0 Å². The van der Waals surface area contributed by atoms with Crippen LogP contribution in [-0.2, 0) is 5.41 Å². The van der Waals surface area contributed by atoms with Crippen molar-refractivity contribution >= 4 is 10.9 Å².